The second kappa shape index (κ2) is 7.53. The zero-order chi connectivity index (χ0) is 14.3. The molecule has 0 fully saturated rings. The molecule has 0 spiro atoms. The average Bonchev–Trinajstić information content (AvgIpc) is 2.42. The van der Waals surface area contributed by atoms with E-state index in [4.69, 9.17) is 0 Å². The molecule has 104 valence electrons. The maximum absolute atomic E-state index is 11.8. The molecule has 0 aliphatic heterocycles. The summed E-state index contributed by atoms with van der Waals surface area (Å²) in [7, 11) is 0. The summed E-state index contributed by atoms with van der Waals surface area (Å²) in [6.45, 7) is 4.02. The molecular formula is C14H20N2O3. The predicted molar refractivity (Wildman–Crippen MR) is 72.6 cm³/mol. The maximum Gasteiger partial charge on any atom is 0.251 e. The van der Waals surface area contributed by atoms with Gasteiger partial charge in [0.25, 0.3) is 5.91 Å². The van der Waals surface area contributed by atoms with E-state index in [9.17, 15) is 14.7 Å². The van der Waals surface area contributed by atoms with Crippen molar-refractivity contribution in [1.29, 1.82) is 0 Å². The van der Waals surface area contributed by atoms with Gasteiger partial charge in [-0.1, -0.05) is 19.1 Å². The molecule has 0 aliphatic rings. The average molecular weight is 264 g/mol. The van der Waals surface area contributed by atoms with Crippen molar-refractivity contribution in [3.8, 4) is 0 Å². The molecule has 3 N–H and O–H groups in total. The first-order chi connectivity index (χ1) is 9.02. The van der Waals surface area contributed by atoms with E-state index < -0.39 is 6.10 Å². The Labute approximate surface area is 113 Å². The largest absolute Gasteiger partial charge is 0.391 e. The summed E-state index contributed by atoms with van der Waals surface area (Å²) in [6.07, 6.45) is 0.0960. The highest BCUT2D eigenvalue weighted by molar-refractivity contribution is 5.94. The predicted octanol–water partition coefficient (Wildman–Crippen LogP) is 0.823. The van der Waals surface area contributed by atoms with Gasteiger partial charge in [0.1, 0.15) is 0 Å². The first kappa shape index (κ1) is 15.2. The van der Waals surface area contributed by atoms with Gasteiger partial charge in [0.15, 0.2) is 0 Å². The monoisotopic (exact) mass is 264 g/mol. The van der Waals surface area contributed by atoms with Crippen LogP contribution in [0.4, 0.5) is 0 Å². The van der Waals surface area contributed by atoms with Gasteiger partial charge < -0.3 is 15.7 Å². The summed E-state index contributed by atoms with van der Waals surface area (Å²) in [4.78, 5) is 22.5. The fraction of sp³-hybridized carbons (Fsp3) is 0.429. The van der Waals surface area contributed by atoms with Gasteiger partial charge in [-0.25, -0.2) is 0 Å². The fourth-order valence-corrected chi connectivity index (χ4v) is 1.46. The third-order valence-electron chi connectivity index (χ3n) is 2.73. The minimum absolute atomic E-state index is 0.0876. The van der Waals surface area contributed by atoms with E-state index in [1.807, 2.05) is 6.92 Å². The highest BCUT2D eigenvalue weighted by Crippen LogP contribution is 2.04. The van der Waals surface area contributed by atoms with Gasteiger partial charge in [0.05, 0.1) is 6.10 Å². The van der Waals surface area contributed by atoms with E-state index >= 15 is 0 Å². The van der Waals surface area contributed by atoms with Crippen LogP contribution in [0.25, 0.3) is 0 Å². The van der Waals surface area contributed by atoms with E-state index in [2.05, 4.69) is 10.6 Å². The molecule has 5 heteroatoms. The zero-order valence-electron chi connectivity index (χ0n) is 11.3. The number of hydrogen-bond acceptors (Lipinski definition) is 3. The minimum Gasteiger partial charge on any atom is -0.391 e. The maximum atomic E-state index is 11.8. The Morgan fingerprint density at radius 3 is 2.37 bits per heavy atom. The molecule has 19 heavy (non-hydrogen) atoms. The lowest BCUT2D eigenvalue weighted by atomic mass is 10.1. The molecule has 0 saturated heterocycles. The number of rotatable bonds is 6. The third kappa shape index (κ3) is 5.52. The summed E-state index contributed by atoms with van der Waals surface area (Å²) >= 11 is 0. The molecule has 1 aromatic carbocycles. The van der Waals surface area contributed by atoms with Crippen LogP contribution in [-0.2, 0) is 11.3 Å². The second-order valence-electron chi connectivity index (χ2n) is 4.38. The van der Waals surface area contributed by atoms with Gasteiger partial charge in [-0.3, -0.25) is 9.59 Å². The van der Waals surface area contributed by atoms with Crippen molar-refractivity contribution in [3.05, 3.63) is 35.4 Å². The van der Waals surface area contributed by atoms with Crippen LogP contribution in [-0.4, -0.2) is 29.6 Å². The Balaban J connectivity index is 2.50. The number of amides is 2. The number of benzene rings is 1. The van der Waals surface area contributed by atoms with E-state index in [1.54, 1.807) is 24.3 Å². The van der Waals surface area contributed by atoms with Crippen molar-refractivity contribution in [2.24, 2.45) is 0 Å². The van der Waals surface area contributed by atoms with Gasteiger partial charge in [-0.05, 0) is 24.1 Å². The van der Waals surface area contributed by atoms with Gasteiger partial charge in [-0.2, -0.15) is 0 Å². The summed E-state index contributed by atoms with van der Waals surface area (Å²) in [5.74, 6) is -0.297. The summed E-state index contributed by atoms with van der Waals surface area (Å²) in [6, 6.07) is 6.98. The molecule has 0 heterocycles. The zero-order valence-corrected chi connectivity index (χ0v) is 11.3. The van der Waals surface area contributed by atoms with E-state index in [0.717, 1.165) is 5.56 Å². The van der Waals surface area contributed by atoms with Crippen molar-refractivity contribution in [2.45, 2.75) is 32.9 Å². The lowest BCUT2D eigenvalue weighted by Gasteiger charge is -2.10. The Morgan fingerprint density at radius 2 is 1.84 bits per heavy atom. The van der Waals surface area contributed by atoms with Crippen molar-refractivity contribution in [3.63, 3.8) is 0 Å². The van der Waals surface area contributed by atoms with Gasteiger partial charge >= 0.3 is 0 Å². The fourth-order valence-electron chi connectivity index (χ4n) is 1.46. The molecule has 1 atom stereocenters. The van der Waals surface area contributed by atoms with Crippen LogP contribution in [0.2, 0.25) is 0 Å². The lowest BCUT2D eigenvalue weighted by molar-refractivity contribution is -0.119. The minimum atomic E-state index is -0.511. The third-order valence-corrected chi connectivity index (χ3v) is 2.73. The van der Waals surface area contributed by atoms with Gasteiger partial charge in [0, 0.05) is 25.6 Å². The first-order valence-corrected chi connectivity index (χ1v) is 6.32. The van der Waals surface area contributed by atoms with E-state index in [-0.39, 0.29) is 18.4 Å². The molecular weight excluding hydrogens is 244 g/mol. The van der Waals surface area contributed by atoms with Crippen LogP contribution < -0.4 is 10.6 Å². The molecule has 0 aromatic heterocycles. The van der Waals surface area contributed by atoms with Crippen LogP contribution >= 0.6 is 0 Å². The molecule has 0 aliphatic carbocycles. The summed E-state index contributed by atoms with van der Waals surface area (Å²) in [5, 5.41) is 14.7. The number of carbonyl (C=O) groups is 2. The Kier molecular flexibility index (Phi) is 6.02. The molecule has 1 unspecified atom stereocenters. The van der Waals surface area contributed by atoms with E-state index in [0.29, 0.717) is 18.5 Å². The SMILES string of the molecule is CCC(O)CNC(=O)c1ccc(CNC(C)=O)cc1. The molecule has 2 amide bonds. The summed E-state index contributed by atoms with van der Waals surface area (Å²) in [5.41, 5.74) is 1.47. The first-order valence-electron chi connectivity index (χ1n) is 6.32. The molecule has 1 aromatic rings. The second-order valence-corrected chi connectivity index (χ2v) is 4.38. The molecule has 0 radical (unpaired) electrons. The number of hydrogen-bond donors (Lipinski definition) is 3. The Morgan fingerprint density at radius 1 is 1.21 bits per heavy atom. The van der Waals surface area contributed by atoms with Gasteiger partial charge in [-0.15, -0.1) is 0 Å². The molecule has 0 bridgehead atoms. The van der Waals surface area contributed by atoms with Crippen LogP contribution in [0.15, 0.2) is 24.3 Å². The van der Waals surface area contributed by atoms with Gasteiger partial charge in [0.2, 0.25) is 5.91 Å². The van der Waals surface area contributed by atoms with Crippen LogP contribution in [0.1, 0.15) is 36.2 Å². The van der Waals surface area contributed by atoms with Crippen LogP contribution in [0.3, 0.4) is 0 Å². The number of carbonyl (C=O) groups excluding carboxylic acids is 2. The Hall–Kier alpha value is -1.88. The smallest absolute Gasteiger partial charge is 0.251 e. The van der Waals surface area contributed by atoms with E-state index in [1.165, 1.54) is 6.92 Å². The molecule has 1 rings (SSSR count). The number of aliphatic hydroxyl groups excluding tert-OH is 1. The normalized spacial score (nSPS) is 11.7. The van der Waals surface area contributed by atoms with Crippen LogP contribution in [0.5, 0.6) is 0 Å². The highest BCUT2D eigenvalue weighted by Gasteiger charge is 2.07. The lowest BCUT2D eigenvalue weighted by Crippen LogP contribution is -2.31. The molecule has 5 nitrogen and oxygen atoms in total. The van der Waals surface area contributed by atoms with Crippen molar-refractivity contribution in [1.82, 2.24) is 10.6 Å². The number of nitrogens with one attached hydrogen (secondary N) is 2. The molecule has 0 saturated carbocycles. The quantitative estimate of drug-likeness (QED) is 0.712. The Bertz CT molecular complexity index is 429. The van der Waals surface area contributed by atoms with Crippen molar-refractivity contribution in [2.75, 3.05) is 6.54 Å². The summed E-state index contributed by atoms with van der Waals surface area (Å²) < 4.78 is 0. The van der Waals surface area contributed by atoms with Crippen molar-refractivity contribution >= 4 is 11.8 Å². The standard InChI is InChI=1S/C14H20N2O3/c1-3-13(18)9-16-14(19)12-6-4-11(5-7-12)8-15-10(2)17/h4-7,13,18H,3,8-9H2,1-2H3,(H,15,17)(H,16,19). The van der Waals surface area contributed by atoms with Crippen LogP contribution in [0, 0.1) is 0 Å². The highest BCUT2D eigenvalue weighted by atomic mass is 16.3. The topological polar surface area (TPSA) is 78.4 Å². The number of aliphatic hydroxyl groups is 1. The van der Waals surface area contributed by atoms with Crippen molar-refractivity contribution < 1.29 is 14.7 Å².